The maximum atomic E-state index is 12.6. The number of ether oxygens (including phenoxy) is 1. The molecule has 0 fully saturated rings. The van der Waals surface area contributed by atoms with Gasteiger partial charge in [0, 0.05) is 10.7 Å². The Morgan fingerprint density at radius 2 is 2.10 bits per heavy atom. The van der Waals surface area contributed by atoms with Gasteiger partial charge in [-0.3, -0.25) is 14.3 Å². The summed E-state index contributed by atoms with van der Waals surface area (Å²) in [7, 11) is 1.54. The van der Waals surface area contributed by atoms with Gasteiger partial charge in [-0.1, -0.05) is 0 Å². The molecule has 0 unspecified atom stereocenters. The number of hydrogen-bond acceptors (Lipinski definition) is 5. The first-order chi connectivity index (χ1) is 13.8. The van der Waals surface area contributed by atoms with E-state index in [0.29, 0.717) is 27.2 Å². The second-order valence-corrected chi connectivity index (χ2v) is 7.65. The van der Waals surface area contributed by atoms with Crippen LogP contribution in [-0.4, -0.2) is 28.7 Å². The van der Waals surface area contributed by atoms with Gasteiger partial charge >= 0.3 is 0 Å². The van der Waals surface area contributed by atoms with Crippen molar-refractivity contribution in [1.29, 1.82) is 0 Å². The number of anilines is 1. The van der Waals surface area contributed by atoms with E-state index in [1.165, 1.54) is 18.0 Å². The fourth-order valence-corrected chi connectivity index (χ4v) is 3.02. The Kier molecular flexibility index (Phi) is 6.07. The van der Waals surface area contributed by atoms with E-state index < -0.39 is 5.54 Å². The second-order valence-electron chi connectivity index (χ2n) is 6.79. The number of halogens is 1. The number of aromatic nitrogens is 2. The summed E-state index contributed by atoms with van der Waals surface area (Å²) in [6.45, 7) is 3.76. The molecule has 9 heteroatoms. The maximum Gasteiger partial charge on any atom is 0.257 e. The zero-order valence-corrected chi connectivity index (χ0v) is 17.8. The number of rotatable bonds is 7. The van der Waals surface area contributed by atoms with E-state index in [-0.39, 0.29) is 18.4 Å². The minimum absolute atomic E-state index is 0.231. The topological polar surface area (TPSA) is 98.4 Å². The van der Waals surface area contributed by atoms with Gasteiger partial charge < -0.3 is 19.8 Å². The summed E-state index contributed by atoms with van der Waals surface area (Å²) in [5.74, 6) is 0.677. The standard InChI is InChI=1S/C20H21BrN4O4/c1-20(2,19(27)22-11-15-5-4-8-29-15)25-12-13(10-23-25)24-18(26)16-9-14(28-3)6-7-17(16)21/h4-10,12H,11H2,1-3H3,(H,22,27)(H,24,26). The van der Waals surface area contributed by atoms with Crippen LogP contribution in [0.1, 0.15) is 30.0 Å². The molecule has 8 nitrogen and oxygen atoms in total. The van der Waals surface area contributed by atoms with Crippen LogP contribution in [0.2, 0.25) is 0 Å². The molecule has 0 bridgehead atoms. The zero-order chi connectivity index (χ0) is 21.0. The smallest absolute Gasteiger partial charge is 0.257 e. The molecule has 3 rings (SSSR count). The fourth-order valence-electron chi connectivity index (χ4n) is 2.60. The molecule has 3 aromatic rings. The Morgan fingerprint density at radius 3 is 2.79 bits per heavy atom. The van der Waals surface area contributed by atoms with Crippen molar-refractivity contribution >= 4 is 33.4 Å². The summed E-state index contributed by atoms with van der Waals surface area (Å²) >= 11 is 3.37. The van der Waals surface area contributed by atoms with Crippen molar-refractivity contribution in [1.82, 2.24) is 15.1 Å². The molecule has 0 saturated carbocycles. The van der Waals surface area contributed by atoms with Crippen molar-refractivity contribution in [2.75, 3.05) is 12.4 Å². The molecule has 0 spiro atoms. The number of carbonyl (C=O) groups excluding carboxylic acids is 2. The molecule has 2 amide bonds. The van der Waals surface area contributed by atoms with Crippen molar-refractivity contribution in [3.8, 4) is 5.75 Å². The average molecular weight is 461 g/mol. The number of hydrogen-bond donors (Lipinski definition) is 2. The lowest BCUT2D eigenvalue weighted by atomic mass is 10.1. The SMILES string of the molecule is COc1ccc(Br)c(C(=O)Nc2cnn(C(C)(C)C(=O)NCc3ccco3)c2)c1. The van der Waals surface area contributed by atoms with E-state index in [1.54, 1.807) is 56.6 Å². The number of methoxy groups -OCH3 is 1. The minimum Gasteiger partial charge on any atom is -0.497 e. The lowest BCUT2D eigenvalue weighted by Gasteiger charge is -2.23. The summed E-state index contributed by atoms with van der Waals surface area (Å²) in [6, 6.07) is 8.67. The molecule has 0 saturated heterocycles. The molecule has 0 aliphatic heterocycles. The van der Waals surface area contributed by atoms with E-state index in [9.17, 15) is 9.59 Å². The molecular weight excluding hydrogens is 440 g/mol. The lowest BCUT2D eigenvalue weighted by Crippen LogP contribution is -2.44. The summed E-state index contributed by atoms with van der Waals surface area (Å²) in [4.78, 5) is 25.2. The highest BCUT2D eigenvalue weighted by Crippen LogP contribution is 2.24. The number of benzene rings is 1. The highest BCUT2D eigenvalue weighted by atomic mass is 79.9. The monoisotopic (exact) mass is 460 g/mol. The number of nitrogens with one attached hydrogen (secondary N) is 2. The Bertz CT molecular complexity index is 1010. The van der Waals surface area contributed by atoms with Crippen molar-refractivity contribution in [2.45, 2.75) is 25.9 Å². The predicted molar refractivity (Wildman–Crippen MR) is 111 cm³/mol. The quantitative estimate of drug-likeness (QED) is 0.561. The van der Waals surface area contributed by atoms with Gasteiger partial charge in [0.2, 0.25) is 5.91 Å². The van der Waals surface area contributed by atoms with Crippen LogP contribution in [0.5, 0.6) is 5.75 Å². The molecule has 29 heavy (non-hydrogen) atoms. The van der Waals surface area contributed by atoms with Gasteiger partial charge in [-0.2, -0.15) is 5.10 Å². The van der Waals surface area contributed by atoms with Gasteiger partial charge in [0.05, 0.1) is 37.4 Å². The van der Waals surface area contributed by atoms with Crippen LogP contribution in [0.15, 0.2) is 57.9 Å². The second kappa shape index (κ2) is 8.52. The Balaban J connectivity index is 1.69. The van der Waals surface area contributed by atoms with Gasteiger partial charge in [-0.25, -0.2) is 0 Å². The van der Waals surface area contributed by atoms with E-state index in [4.69, 9.17) is 9.15 Å². The van der Waals surface area contributed by atoms with E-state index >= 15 is 0 Å². The molecule has 2 N–H and O–H groups in total. The maximum absolute atomic E-state index is 12.6. The Labute approximate surface area is 176 Å². The van der Waals surface area contributed by atoms with E-state index in [2.05, 4.69) is 31.7 Å². The van der Waals surface area contributed by atoms with Crippen molar-refractivity contribution in [3.63, 3.8) is 0 Å². The van der Waals surface area contributed by atoms with Crippen LogP contribution in [0.3, 0.4) is 0 Å². The summed E-state index contributed by atoms with van der Waals surface area (Å²) < 4.78 is 12.5. The molecule has 0 radical (unpaired) electrons. The van der Waals surface area contributed by atoms with Crippen molar-refractivity contribution < 1.29 is 18.7 Å². The minimum atomic E-state index is -0.966. The molecule has 0 aliphatic carbocycles. The normalized spacial score (nSPS) is 11.2. The Morgan fingerprint density at radius 1 is 1.31 bits per heavy atom. The van der Waals surface area contributed by atoms with Crippen LogP contribution in [0.4, 0.5) is 5.69 Å². The van der Waals surface area contributed by atoms with Crippen molar-refractivity contribution in [3.05, 3.63) is 64.8 Å². The van der Waals surface area contributed by atoms with E-state index in [1.807, 2.05) is 0 Å². The number of nitrogens with zero attached hydrogens (tertiary/aromatic N) is 2. The molecule has 2 heterocycles. The molecule has 0 aliphatic rings. The Hall–Kier alpha value is -3.07. The van der Waals surface area contributed by atoms with Gasteiger partial charge in [-0.15, -0.1) is 0 Å². The molecule has 2 aromatic heterocycles. The van der Waals surface area contributed by atoms with Gasteiger partial charge in [0.25, 0.3) is 5.91 Å². The van der Waals surface area contributed by atoms with Gasteiger partial charge in [-0.05, 0) is 60.1 Å². The summed E-state index contributed by atoms with van der Waals surface area (Å²) in [5, 5.41) is 9.84. The number of amides is 2. The zero-order valence-electron chi connectivity index (χ0n) is 16.2. The molecule has 152 valence electrons. The summed E-state index contributed by atoms with van der Waals surface area (Å²) in [6.07, 6.45) is 4.65. The fraction of sp³-hybridized carbons (Fsp3) is 0.250. The third-order valence-corrected chi connectivity index (χ3v) is 5.08. The van der Waals surface area contributed by atoms with Gasteiger partial charge in [0.1, 0.15) is 17.0 Å². The van der Waals surface area contributed by atoms with E-state index in [0.717, 1.165) is 0 Å². The third kappa shape index (κ3) is 4.68. The molecule has 0 atom stereocenters. The first kappa shape index (κ1) is 20.7. The van der Waals surface area contributed by atoms with Crippen molar-refractivity contribution in [2.24, 2.45) is 0 Å². The van der Waals surface area contributed by atoms with Gasteiger partial charge in [0.15, 0.2) is 0 Å². The summed E-state index contributed by atoms with van der Waals surface area (Å²) in [5.41, 5.74) is -0.0734. The third-order valence-electron chi connectivity index (χ3n) is 4.39. The first-order valence-electron chi connectivity index (χ1n) is 8.82. The predicted octanol–water partition coefficient (Wildman–Crippen LogP) is 3.55. The van der Waals surface area contributed by atoms with Crippen LogP contribution in [0, 0.1) is 0 Å². The molecule has 1 aromatic carbocycles. The first-order valence-corrected chi connectivity index (χ1v) is 9.61. The highest BCUT2D eigenvalue weighted by Gasteiger charge is 2.30. The average Bonchev–Trinajstić information content (AvgIpc) is 3.38. The molecular formula is C20H21BrN4O4. The largest absolute Gasteiger partial charge is 0.497 e. The van der Waals surface area contributed by atoms with Crippen LogP contribution in [0.25, 0.3) is 0 Å². The highest BCUT2D eigenvalue weighted by molar-refractivity contribution is 9.10. The van der Waals surface area contributed by atoms with Crippen LogP contribution >= 0.6 is 15.9 Å². The van der Waals surface area contributed by atoms with Crippen LogP contribution in [-0.2, 0) is 16.9 Å². The lowest BCUT2D eigenvalue weighted by molar-refractivity contribution is -0.129. The van der Waals surface area contributed by atoms with Crippen LogP contribution < -0.4 is 15.4 Å². The number of carbonyl (C=O) groups is 2. The number of furan rings is 1.